The van der Waals surface area contributed by atoms with Gasteiger partial charge in [-0.1, -0.05) is 31.9 Å². The lowest BCUT2D eigenvalue weighted by Crippen LogP contribution is -2.52. The number of anilines is 1. The molecule has 2 aromatic rings. The number of aldehydes is 1. The minimum Gasteiger partial charge on any atom is -0.382 e. The SMILES string of the molecule is CCC1C[C@@H](S(=O)(=O)c2cc(C(=O)Nc3ccc(F)c(F)c3)ccc2Cl)C[C@H](C)[C@@]1(O)C=O. The molecule has 1 amide bonds. The topological polar surface area (TPSA) is 101 Å². The highest BCUT2D eigenvalue weighted by molar-refractivity contribution is 7.92. The van der Waals surface area contributed by atoms with Gasteiger partial charge in [0, 0.05) is 17.3 Å². The molecule has 0 aromatic heterocycles. The fraction of sp³-hybridized carbons (Fsp3) is 0.391. The molecule has 0 spiro atoms. The van der Waals surface area contributed by atoms with Crippen LogP contribution in [0.5, 0.6) is 0 Å². The van der Waals surface area contributed by atoms with Gasteiger partial charge < -0.3 is 15.2 Å². The number of hydrogen-bond acceptors (Lipinski definition) is 5. The fourth-order valence-electron chi connectivity index (χ4n) is 4.37. The Bertz CT molecular complexity index is 1190. The van der Waals surface area contributed by atoms with Crippen LogP contribution < -0.4 is 5.32 Å². The molecule has 0 saturated heterocycles. The number of benzene rings is 2. The van der Waals surface area contributed by atoms with Crippen molar-refractivity contribution in [1.29, 1.82) is 0 Å². The van der Waals surface area contributed by atoms with Crippen LogP contribution in [-0.4, -0.2) is 36.6 Å². The molecule has 4 atom stereocenters. The molecule has 33 heavy (non-hydrogen) atoms. The van der Waals surface area contributed by atoms with E-state index in [1.807, 2.05) is 0 Å². The Hall–Kier alpha value is -2.36. The number of hydrogen-bond donors (Lipinski definition) is 2. The molecule has 1 unspecified atom stereocenters. The van der Waals surface area contributed by atoms with Gasteiger partial charge in [0.1, 0.15) is 5.60 Å². The molecule has 6 nitrogen and oxygen atoms in total. The molecule has 2 N–H and O–H groups in total. The number of carbonyl (C=O) groups is 2. The van der Waals surface area contributed by atoms with Gasteiger partial charge in [-0.15, -0.1) is 0 Å². The van der Waals surface area contributed by atoms with E-state index in [-0.39, 0.29) is 34.0 Å². The average Bonchev–Trinajstić information content (AvgIpc) is 2.77. The van der Waals surface area contributed by atoms with Crippen LogP contribution in [-0.2, 0) is 14.6 Å². The summed E-state index contributed by atoms with van der Waals surface area (Å²) < 4.78 is 53.4. The van der Waals surface area contributed by atoms with Crippen molar-refractivity contribution >= 4 is 39.3 Å². The Morgan fingerprint density at radius 1 is 1.21 bits per heavy atom. The number of aliphatic hydroxyl groups is 1. The van der Waals surface area contributed by atoms with Crippen molar-refractivity contribution in [1.82, 2.24) is 0 Å². The van der Waals surface area contributed by atoms with E-state index < -0.39 is 50.1 Å². The summed E-state index contributed by atoms with van der Waals surface area (Å²) in [6.45, 7) is 3.41. The molecule has 10 heteroatoms. The van der Waals surface area contributed by atoms with Crippen molar-refractivity contribution in [3.05, 3.63) is 58.6 Å². The van der Waals surface area contributed by atoms with E-state index in [4.69, 9.17) is 11.6 Å². The maximum absolute atomic E-state index is 13.5. The fourth-order valence-corrected chi connectivity index (χ4v) is 6.82. The number of carbonyl (C=O) groups excluding carboxylic acids is 2. The van der Waals surface area contributed by atoms with Gasteiger partial charge in [-0.05, 0) is 55.0 Å². The monoisotopic (exact) mass is 499 g/mol. The van der Waals surface area contributed by atoms with Crippen LogP contribution >= 0.6 is 11.6 Å². The highest BCUT2D eigenvalue weighted by Crippen LogP contribution is 2.43. The smallest absolute Gasteiger partial charge is 0.255 e. The summed E-state index contributed by atoms with van der Waals surface area (Å²) in [6, 6.07) is 6.58. The zero-order chi connectivity index (χ0) is 24.6. The van der Waals surface area contributed by atoms with Crippen molar-refractivity contribution in [2.45, 2.75) is 48.9 Å². The first-order valence-electron chi connectivity index (χ1n) is 10.4. The summed E-state index contributed by atoms with van der Waals surface area (Å²) in [5.74, 6) is -4.07. The third-order valence-corrected chi connectivity index (χ3v) is 9.06. The molecule has 0 aliphatic heterocycles. The van der Waals surface area contributed by atoms with Crippen molar-refractivity contribution < 1.29 is 31.9 Å². The predicted octanol–water partition coefficient (Wildman–Crippen LogP) is 4.40. The van der Waals surface area contributed by atoms with Crippen LogP contribution in [0.2, 0.25) is 5.02 Å². The van der Waals surface area contributed by atoms with E-state index in [2.05, 4.69) is 5.32 Å². The second kappa shape index (κ2) is 9.48. The molecule has 2 aromatic carbocycles. The van der Waals surface area contributed by atoms with E-state index in [0.717, 1.165) is 18.2 Å². The van der Waals surface area contributed by atoms with Gasteiger partial charge in [0.05, 0.1) is 15.2 Å². The lowest BCUT2D eigenvalue weighted by atomic mass is 9.68. The maximum Gasteiger partial charge on any atom is 0.255 e. The van der Waals surface area contributed by atoms with Crippen LogP contribution in [0.25, 0.3) is 0 Å². The van der Waals surface area contributed by atoms with Crippen LogP contribution in [0.4, 0.5) is 14.5 Å². The van der Waals surface area contributed by atoms with Gasteiger partial charge in [0.15, 0.2) is 27.8 Å². The number of sulfone groups is 1. The van der Waals surface area contributed by atoms with Gasteiger partial charge in [-0.3, -0.25) is 4.79 Å². The van der Waals surface area contributed by atoms with E-state index in [9.17, 15) is 31.9 Å². The molecular formula is C23H24ClF2NO5S. The molecular weight excluding hydrogens is 476 g/mol. The van der Waals surface area contributed by atoms with Crippen LogP contribution in [0.15, 0.2) is 41.3 Å². The zero-order valence-electron chi connectivity index (χ0n) is 18.0. The Morgan fingerprint density at radius 2 is 1.91 bits per heavy atom. The van der Waals surface area contributed by atoms with E-state index in [0.29, 0.717) is 12.7 Å². The third-order valence-electron chi connectivity index (χ3n) is 6.41. The summed E-state index contributed by atoms with van der Waals surface area (Å²) in [5, 5.41) is 12.1. The first-order valence-corrected chi connectivity index (χ1v) is 12.3. The standard InChI is InChI=1S/C23H24ClF2NO5S/c1-3-15-10-17(8-13(2)23(15,30)12-28)33(31,32)21-9-14(4-6-18(21)24)22(29)27-16-5-7-19(25)20(26)11-16/h4-7,9,11-13,15,17,30H,3,8,10H2,1-2H3,(H,27,29)/t13-,15?,17-,23-/m0/s1. The molecule has 178 valence electrons. The number of rotatable bonds is 6. The van der Waals surface area contributed by atoms with Crippen LogP contribution in [0.1, 0.15) is 43.5 Å². The number of nitrogens with one attached hydrogen (secondary N) is 1. The quantitative estimate of drug-likeness (QED) is 0.574. The molecule has 1 aliphatic carbocycles. The van der Waals surface area contributed by atoms with Gasteiger partial charge >= 0.3 is 0 Å². The van der Waals surface area contributed by atoms with Crippen molar-refractivity contribution in [3.8, 4) is 0 Å². The molecule has 1 aliphatic rings. The Kier molecular flexibility index (Phi) is 7.26. The maximum atomic E-state index is 13.5. The summed E-state index contributed by atoms with van der Waals surface area (Å²) in [5.41, 5.74) is -1.64. The lowest BCUT2D eigenvalue weighted by molar-refractivity contribution is -0.142. The Balaban J connectivity index is 1.91. The highest BCUT2D eigenvalue weighted by Gasteiger charge is 2.49. The number of halogens is 3. The average molecular weight is 500 g/mol. The van der Waals surface area contributed by atoms with E-state index in [1.165, 1.54) is 18.2 Å². The Morgan fingerprint density at radius 3 is 2.52 bits per heavy atom. The van der Waals surface area contributed by atoms with Crippen molar-refractivity contribution in [2.24, 2.45) is 11.8 Å². The molecule has 0 radical (unpaired) electrons. The minimum absolute atomic E-state index is 0.00158. The first-order chi connectivity index (χ1) is 15.4. The van der Waals surface area contributed by atoms with Gasteiger partial charge in [-0.2, -0.15) is 0 Å². The predicted molar refractivity (Wildman–Crippen MR) is 120 cm³/mol. The molecule has 1 saturated carbocycles. The molecule has 0 bridgehead atoms. The van der Waals surface area contributed by atoms with Gasteiger partial charge in [-0.25, -0.2) is 17.2 Å². The first kappa shape index (κ1) is 25.3. The molecule has 3 rings (SSSR count). The highest BCUT2D eigenvalue weighted by atomic mass is 35.5. The van der Waals surface area contributed by atoms with Crippen molar-refractivity contribution in [3.63, 3.8) is 0 Å². The summed E-state index contributed by atoms with van der Waals surface area (Å²) in [6.07, 6.45) is 1.02. The number of amides is 1. The third kappa shape index (κ3) is 4.81. The second-order valence-electron chi connectivity index (χ2n) is 8.38. The normalized spacial score (nSPS) is 25.5. The van der Waals surface area contributed by atoms with Crippen LogP contribution in [0, 0.1) is 23.5 Å². The second-order valence-corrected chi connectivity index (χ2v) is 11.0. The Labute approximate surface area is 195 Å². The summed E-state index contributed by atoms with van der Waals surface area (Å²) >= 11 is 6.19. The van der Waals surface area contributed by atoms with Crippen molar-refractivity contribution in [2.75, 3.05) is 5.32 Å². The zero-order valence-corrected chi connectivity index (χ0v) is 19.6. The molecule has 1 fully saturated rings. The largest absolute Gasteiger partial charge is 0.382 e. The molecule has 0 heterocycles. The van der Waals surface area contributed by atoms with Gasteiger partial charge in [0.2, 0.25) is 0 Å². The van der Waals surface area contributed by atoms with E-state index >= 15 is 0 Å². The minimum atomic E-state index is -4.02. The van der Waals surface area contributed by atoms with Gasteiger partial charge in [0.25, 0.3) is 5.91 Å². The lowest BCUT2D eigenvalue weighted by Gasteiger charge is -2.43. The summed E-state index contributed by atoms with van der Waals surface area (Å²) in [7, 11) is -4.02. The van der Waals surface area contributed by atoms with Crippen LogP contribution in [0.3, 0.4) is 0 Å². The van der Waals surface area contributed by atoms with E-state index in [1.54, 1.807) is 13.8 Å². The summed E-state index contributed by atoms with van der Waals surface area (Å²) in [4.78, 5) is 23.9.